The fraction of sp³-hybridized carbons (Fsp3) is 0.231. The molecule has 1 fully saturated rings. The van der Waals surface area contributed by atoms with Gasteiger partial charge in [0, 0.05) is 23.6 Å². The highest BCUT2D eigenvalue weighted by molar-refractivity contribution is 5.59. The van der Waals surface area contributed by atoms with Crippen molar-refractivity contribution in [1.29, 1.82) is 0 Å². The highest BCUT2D eigenvalue weighted by atomic mass is 19.1. The number of nitrogens with one attached hydrogen (secondary N) is 1. The van der Waals surface area contributed by atoms with E-state index in [4.69, 9.17) is 0 Å². The fourth-order valence-electron chi connectivity index (χ4n) is 1.86. The van der Waals surface area contributed by atoms with Crippen LogP contribution >= 0.6 is 0 Å². The fourth-order valence-corrected chi connectivity index (χ4v) is 1.86. The molecule has 0 bridgehead atoms. The summed E-state index contributed by atoms with van der Waals surface area (Å²) in [4.78, 5) is 18.4. The lowest BCUT2D eigenvalue weighted by Crippen LogP contribution is -2.10. The number of halogens is 2. The number of aromatic amines is 1. The standard InChI is InChI=1S/C13H10F2N2O/c14-8-3-4-9(10(15)5-8)11-6-12(18)17-13(16-11)7-1-2-7/h3-7H,1-2H2,(H,16,17,18). The highest BCUT2D eigenvalue weighted by Crippen LogP contribution is 2.38. The molecule has 0 aliphatic heterocycles. The van der Waals surface area contributed by atoms with E-state index in [1.54, 1.807) is 0 Å². The van der Waals surface area contributed by atoms with Crippen molar-refractivity contribution in [2.75, 3.05) is 0 Å². The summed E-state index contributed by atoms with van der Waals surface area (Å²) in [7, 11) is 0. The van der Waals surface area contributed by atoms with Gasteiger partial charge in [0.2, 0.25) is 0 Å². The molecule has 18 heavy (non-hydrogen) atoms. The number of H-pyrrole nitrogens is 1. The van der Waals surface area contributed by atoms with Crippen molar-refractivity contribution in [3.8, 4) is 11.3 Å². The van der Waals surface area contributed by atoms with Crippen LogP contribution in [0.25, 0.3) is 11.3 Å². The number of aromatic nitrogens is 2. The SMILES string of the molecule is O=c1cc(-c2ccc(F)cc2F)nc(C2CC2)[nH]1. The molecular formula is C13H10F2N2O. The minimum Gasteiger partial charge on any atom is -0.310 e. The number of benzene rings is 1. The third kappa shape index (κ3) is 2.03. The summed E-state index contributed by atoms with van der Waals surface area (Å²) in [6.07, 6.45) is 1.97. The Hall–Kier alpha value is -2.04. The topological polar surface area (TPSA) is 45.8 Å². The van der Waals surface area contributed by atoms with Crippen molar-refractivity contribution in [3.05, 3.63) is 52.1 Å². The zero-order chi connectivity index (χ0) is 12.7. The van der Waals surface area contributed by atoms with Crippen LogP contribution in [0.1, 0.15) is 24.6 Å². The van der Waals surface area contributed by atoms with Gasteiger partial charge in [-0.3, -0.25) is 4.79 Å². The zero-order valence-corrected chi connectivity index (χ0v) is 9.41. The van der Waals surface area contributed by atoms with E-state index < -0.39 is 11.6 Å². The average Bonchev–Trinajstić information content (AvgIpc) is 3.11. The van der Waals surface area contributed by atoms with E-state index in [1.165, 1.54) is 12.1 Å². The molecule has 1 N–H and O–H groups in total. The molecule has 0 unspecified atom stereocenters. The second-order valence-corrected chi connectivity index (χ2v) is 4.41. The Bertz CT molecular complexity index is 662. The first-order valence-corrected chi connectivity index (χ1v) is 5.70. The van der Waals surface area contributed by atoms with Gasteiger partial charge < -0.3 is 4.98 Å². The van der Waals surface area contributed by atoms with Gasteiger partial charge in [0.1, 0.15) is 17.5 Å². The summed E-state index contributed by atoms with van der Waals surface area (Å²) >= 11 is 0. The molecule has 0 saturated heterocycles. The van der Waals surface area contributed by atoms with Crippen LogP contribution in [0, 0.1) is 11.6 Å². The smallest absolute Gasteiger partial charge is 0.251 e. The molecule has 2 aromatic rings. The van der Waals surface area contributed by atoms with Gasteiger partial charge in [-0.15, -0.1) is 0 Å². The van der Waals surface area contributed by atoms with Crippen LogP contribution in [-0.4, -0.2) is 9.97 Å². The summed E-state index contributed by atoms with van der Waals surface area (Å²) in [5.74, 6) is -0.513. The largest absolute Gasteiger partial charge is 0.310 e. The quantitative estimate of drug-likeness (QED) is 0.887. The third-order valence-corrected chi connectivity index (χ3v) is 2.93. The van der Waals surface area contributed by atoms with Gasteiger partial charge in [0.25, 0.3) is 5.56 Å². The molecular weight excluding hydrogens is 238 g/mol. The molecule has 1 aliphatic rings. The number of nitrogens with zero attached hydrogens (tertiary/aromatic N) is 1. The van der Waals surface area contributed by atoms with Crippen LogP contribution in [0.5, 0.6) is 0 Å². The first-order valence-electron chi connectivity index (χ1n) is 5.70. The van der Waals surface area contributed by atoms with Crippen LogP contribution in [0.3, 0.4) is 0 Å². The summed E-state index contributed by atoms with van der Waals surface area (Å²) in [5, 5.41) is 0. The van der Waals surface area contributed by atoms with Crippen LogP contribution in [0.2, 0.25) is 0 Å². The van der Waals surface area contributed by atoms with Crippen LogP contribution < -0.4 is 5.56 Å². The molecule has 1 aliphatic carbocycles. The molecule has 3 rings (SSSR count). The van der Waals surface area contributed by atoms with Gasteiger partial charge in [-0.2, -0.15) is 0 Å². The lowest BCUT2D eigenvalue weighted by molar-refractivity contribution is 0.585. The summed E-state index contributed by atoms with van der Waals surface area (Å²) in [5.41, 5.74) is 0.0770. The Morgan fingerprint density at radius 1 is 1.22 bits per heavy atom. The molecule has 0 atom stereocenters. The lowest BCUT2D eigenvalue weighted by Gasteiger charge is -2.04. The molecule has 1 saturated carbocycles. The van der Waals surface area contributed by atoms with Gasteiger partial charge in [0.15, 0.2) is 0 Å². The number of rotatable bonds is 2. The molecule has 0 spiro atoms. The molecule has 1 aromatic carbocycles. The molecule has 5 heteroatoms. The maximum atomic E-state index is 13.6. The second-order valence-electron chi connectivity index (χ2n) is 4.41. The van der Waals surface area contributed by atoms with E-state index in [1.807, 2.05) is 0 Å². The maximum absolute atomic E-state index is 13.6. The van der Waals surface area contributed by atoms with E-state index in [2.05, 4.69) is 9.97 Å². The van der Waals surface area contributed by atoms with E-state index in [-0.39, 0.29) is 22.7 Å². The Balaban J connectivity index is 2.13. The zero-order valence-electron chi connectivity index (χ0n) is 9.41. The van der Waals surface area contributed by atoms with Crippen LogP contribution in [-0.2, 0) is 0 Å². The third-order valence-electron chi connectivity index (χ3n) is 2.93. The molecule has 1 aromatic heterocycles. The van der Waals surface area contributed by atoms with Gasteiger partial charge in [-0.05, 0) is 25.0 Å². The van der Waals surface area contributed by atoms with Crippen molar-refractivity contribution in [2.45, 2.75) is 18.8 Å². The minimum absolute atomic E-state index is 0.143. The molecule has 0 radical (unpaired) electrons. The molecule has 3 nitrogen and oxygen atoms in total. The van der Waals surface area contributed by atoms with Crippen molar-refractivity contribution < 1.29 is 8.78 Å². The normalized spacial score (nSPS) is 14.8. The van der Waals surface area contributed by atoms with E-state index >= 15 is 0 Å². The van der Waals surface area contributed by atoms with E-state index in [0.717, 1.165) is 25.0 Å². The average molecular weight is 248 g/mol. The number of hydrogen-bond donors (Lipinski definition) is 1. The predicted octanol–water partition coefficient (Wildman–Crippen LogP) is 2.59. The van der Waals surface area contributed by atoms with Crippen molar-refractivity contribution in [2.24, 2.45) is 0 Å². The van der Waals surface area contributed by atoms with Crippen molar-refractivity contribution in [1.82, 2.24) is 9.97 Å². The first-order chi connectivity index (χ1) is 8.63. The first kappa shape index (κ1) is 11.1. The Kier molecular flexibility index (Phi) is 2.47. The van der Waals surface area contributed by atoms with Crippen molar-refractivity contribution in [3.63, 3.8) is 0 Å². The lowest BCUT2D eigenvalue weighted by atomic mass is 10.1. The molecule has 92 valence electrons. The Labute approximate surface area is 102 Å². The van der Waals surface area contributed by atoms with Crippen molar-refractivity contribution >= 4 is 0 Å². The molecule has 0 amide bonds. The predicted molar refractivity (Wildman–Crippen MR) is 62.2 cm³/mol. The van der Waals surface area contributed by atoms with Crippen LogP contribution in [0.4, 0.5) is 8.78 Å². The van der Waals surface area contributed by atoms with Gasteiger partial charge in [-0.25, -0.2) is 13.8 Å². The van der Waals surface area contributed by atoms with Gasteiger partial charge in [-0.1, -0.05) is 0 Å². The minimum atomic E-state index is -0.713. The molecule has 1 heterocycles. The Morgan fingerprint density at radius 2 is 2.00 bits per heavy atom. The summed E-state index contributed by atoms with van der Waals surface area (Å²) in [6, 6.07) is 4.46. The van der Waals surface area contributed by atoms with Gasteiger partial charge >= 0.3 is 0 Å². The van der Waals surface area contributed by atoms with E-state index in [9.17, 15) is 13.6 Å². The highest BCUT2D eigenvalue weighted by Gasteiger charge is 2.26. The van der Waals surface area contributed by atoms with Gasteiger partial charge in [0.05, 0.1) is 5.69 Å². The maximum Gasteiger partial charge on any atom is 0.251 e. The summed E-state index contributed by atoms with van der Waals surface area (Å²) < 4.78 is 26.5. The monoisotopic (exact) mass is 248 g/mol. The number of hydrogen-bond acceptors (Lipinski definition) is 2. The summed E-state index contributed by atoms with van der Waals surface area (Å²) in [6.45, 7) is 0. The Morgan fingerprint density at radius 3 is 2.67 bits per heavy atom. The van der Waals surface area contributed by atoms with E-state index in [0.29, 0.717) is 5.82 Å². The second kappa shape index (κ2) is 4.01. The van der Waals surface area contributed by atoms with Crippen LogP contribution in [0.15, 0.2) is 29.1 Å².